The van der Waals surface area contributed by atoms with Crippen LogP contribution >= 0.6 is 0 Å². The zero-order chi connectivity index (χ0) is 29.6. The minimum Gasteiger partial charge on any atom is -0.332 e. The highest BCUT2D eigenvalue weighted by molar-refractivity contribution is 6.06. The predicted octanol–water partition coefficient (Wildman–Crippen LogP) is 4.73. The number of benzene rings is 3. The van der Waals surface area contributed by atoms with Crippen molar-refractivity contribution in [1.29, 1.82) is 0 Å². The summed E-state index contributed by atoms with van der Waals surface area (Å²) in [7, 11) is 0. The second-order valence-corrected chi connectivity index (χ2v) is 10.3. The molecule has 1 saturated heterocycles. The van der Waals surface area contributed by atoms with Gasteiger partial charge in [0.2, 0.25) is 5.91 Å². The van der Waals surface area contributed by atoms with Gasteiger partial charge in [-0.25, -0.2) is 0 Å². The van der Waals surface area contributed by atoms with E-state index in [1.807, 2.05) is 29.2 Å². The predicted molar refractivity (Wildman–Crippen MR) is 146 cm³/mol. The van der Waals surface area contributed by atoms with Crippen molar-refractivity contribution >= 4 is 23.4 Å². The molecule has 0 spiro atoms. The summed E-state index contributed by atoms with van der Waals surface area (Å²) in [6.07, 6.45) is 1.62. The van der Waals surface area contributed by atoms with Crippen molar-refractivity contribution < 1.29 is 27.6 Å². The Hall–Kier alpha value is -4.98. The fourth-order valence-electron chi connectivity index (χ4n) is 5.61. The van der Waals surface area contributed by atoms with Gasteiger partial charge in [-0.1, -0.05) is 42.3 Å². The molecule has 0 saturated carbocycles. The van der Waals surface area contributed by atoms with E-state index in [4.69, 9.17) is 6.42 Å². The smallest absolute Gasteiger partial charge is 0.332 e. The number of anilines is 1. The van der Waals surface area contributed by atoms with Gasteiger partial charge in [-0.3, -0.25) is 19.3 Å². The van der Waals surface area contributed by atoms with Crippen LogP contribution < -0.4 is 4.90 Å². The van der Waals surface area contributed by atoms with Crippen molar-refractivity contribution in [3.63, 3.8) is 0 Å². The van der Waals surface area contributed by atoms with Crippen molar-refractivity contribution in [1.82, 2.24) is 9.80 Å². The highest BCUT2D eigenvalue weighted by Crippen LogP contribution is 2.52. The number of halogens is 3. The van der Waals surface area contributed by atoms with Crippen LogP contribution in [-0.2, 0) is 16.9 Å². The van der Waals surface area contributed by atoms with E-state index in [-0.39, 0.29) is 42.1 Å². The maximum atomic E-state index is 13.4. The van der Waals surface area contributed by atoms with Crippen LogP contribution in [0.1, 0.15) is 43.4 Å². The Bertz CT molecular complexity index is 1640. The fraction of sp³-hybridized carbons (Fsp3) is 0.258. The summed E-state index contributed by atoms with van der Waals surface area (Å²) in [5, 5.41) is 6.36. The molecule has 1 atom stereocenters. The first-order valence-electron chi connectivity index (χ1n) is 13.3. The molecule has 0 bridgehead atoms. The summed E-state index contributed by atoms with van der Waals surface area (Å²) in [4.78, 5) is 44.3. The third kappa shape index (κ3) is 4.59. The number of fused-ring (bicyclic) bond motifs is 3. The number of rotatable bonds is 5. The third-order valence-electron chi connectivity index (χ3n) is 7.89. The summed E-state index contributed by atoms with van der Waals surface area (Å²) in [5.41, 5.74) is 0.333. The average Bonchev–Trinajstić information content (AvgIpc) is 3.82. The molecule has 0 radical (unpaired) electrons. The van der Waals surface area contributed by atoms with Gasteiger partial charge in [0.1, 0.15) is 6.54 Å². The fourth-order valence-corrected chi connectivity index (χ4v) is 5.61. The first-order valence-corrected chi connectivity index (χ1v) is 13.3. The van der Waals surface area contributed by atoms with E-state index in [9.17, 15) is 27.6 Å². The van der Waals surface area contributed by atoms with Crippen molar-refractivity contribution in [2.24, 2.45) is 10.2 Å². The van der Waals surface area contributed by atoms with Gasteiger partial charge in [0.05, 0.1) is 12.6 Å². The van der Waals surface area contributed by atoms with Crippen LogP contribution in [0.5, 0.6) is 0 Å². The number of hydrogen-bond acceptors (Lipinski definition) is 5. The Balaban J connectivity index is 1.18. The molecule has 1 fully saturated rings. The molecule has 11 heteroatoms. The molecule has 42 heavy (non-hydrogen) atoms. The van der Waals surface area contributed by atoms with Crippen molar-refractivity contribution in [2.45, 2.75) is 24.3 Å². The standard InChI is InChI=1S/C31H24F3N5O3/c1-2-16-38(29(42)22-7-11-23(12-8-22)30(35-36-30)31(32,33)34)24-13-9-21(10-14-24)28(41)37-18-26-25-6-4-3-5-20(25)15-17-39(26)27(40)19-37/h1,3-14,26H,15-19H2/t26-/m0/s1. The second kappa shape index (κ2) is 10.1. The van der Waals surface area contributed by atoms with Crippen LogP contribution in [0.2, 0.25) is 0 Å². The quantitative estimate of drug-likeness (QED) is 0.415. The van der Waals surface area contributed by atoms with E-state index in [1.54, 1.807) is 29.2 Å². The molecule has 3 aliphatic heterocycles. The number of carbonyl (C=O) groups excluding carboxylic acids is 3. The van der Waals surface area contributed by atoms with Gasteiger partial charge in [-0.05, 0) is 53.9 Å². The van der Waals surface area contributed by atoms with Gasteiger partial charge < -0.3 is 9.80 Å². The lowest BCUT2D eigenvalue weighted by atomic mass is 9.90. The SMILES string of the molecule is C#CCN(C(=O)c1ccc(C2(C(F)(F)F)N=N2)cc1)c1ccc(C(=O)N2CC(=O)N3CCc4ccccc4[C@@H]3C2)cc1. The van der Waals surface area contributed by atoms with E-state index in [1.165, 1.54) is 34.7 Å². The van der Waals surface area contributed by atoms with Crippen molar-refractivity contribution in [3.05, 3.63) is 101 Å². The van der Waals surface area contributed by atoms with Gasteiger partial charge in [0, 0.05) is 35.5 Å². The molecule has 3 amide bonds. The number of nitrogens with zero attached hydrogens (tertiary/aromatic N) is 5. The highest BCUT2D eigenvalue weighted by atomic mass is 19.4. The summed E-state index contributed by atoms with van der Waals surface area (Å²) < 4.78 is 40.0. The number of piperazine rings is 1. The first-order chi connectivity index (χ1) is 20.1. The summed E-state index contributed by atoms with van der Waals surface area (Å²) >= 11 is 0. The van der Waals surface area contributed by atoms with Crippen LogP contribution in [0.15, 0.2) is 83.0 Å². The maximum absolute atomic E-state index is 13.4. The van der Waals surface area contributed by atoms with Gasteiger partial charge in [0.15, 0.2) is 0 Å². The molecular weight excluding hydrogens is 547 g/mol. The molecule has 212 valence electrons. The molecule has 3 aromatic carbocycles. The molecule has 0 unspecified atom stereocenters. The molecule has 0 N–H and O–H groups in total. The lowest BCUT2D eigenvalue weighted by Crippen LogP contribution is -2.55. The van der Waals surface area contributed by atoms with Crippen molar-refractivity contribution in [3.8, 4) is 12.3 Å². The Kier molecular flexibility index (Phi) is 6.56. The molecule has 0 aliphatic carbocycles. The van der Waals surface area contributed by atoms with Crippen LogP contribution in [0, 0.1) is 12.3 Å². The number of amides is 3. The van der Waals surface area contributed by atoms with Gasteiger partial charge >= 0.3 is 11.8 Å². The zero-order valence-electron chi connectivity index (χ0n) is 22.2. The molecule has 0 aromatic heterocycles. The van der Waals surface area contributed by atoms with Crippen molar-refractivity contribution in [2.75, 3.05) is 31.1 Å². The topological polar surface area (TPSA) is 85.6 Å². The second-order valence-electron chi connectivity index (χ2n) is 10.3. The van der Waals surface area contributed by atoms with Crippen LogP contribution in [0.25, 0.3) is 0 Å². The molecule has 3 aliphatic rings. The summed E-state index contributed by atoms with van der Waals surface area (Å²) in [6.45, 7) is 0.861. The van der Waals surface area contributed by atoms with Crippen LogP contribution in [0.3, 0.4) is 0 Å². The zero-order valence-corrected chi connectivity index (χ0v) is 22.2. The Morgan fingerprint density at radius 1 is 1.00 bits per heavy atom. The Labute approximate surface area is 239 Å². The van der Waals surface area contributed by atoms with E-state index < -0.39 is 17.7 Å². The monoisotopic (exact) mass is 571 g/mol. The van der Waals surface area contributed by atoms with E-state index in [0.29, 0.717) is 24.3 Å². The normalized spacial score (nSPS) is 18.5. The summed E-state index contributed by atoms with van der Waals surface area (Å²) in [6, 6.07) is 18.9. The van der Waals surface area contributed by atoms with E-state index in [2.05, 4.69) is 16.1 Å². The van der Waals surface area contributed by atoms with Gasteiger partial charge in [-0.15, -0.1) is 16.7 Å². The van der Waals surface area contributed by atoms with Crippen LogP contribution in [-0.4, -0.2) is 59.9 Å². The average molecular weight is 572 g/mol. The summed E-state index contributed by atoms with van der Waals surface area (Å²) in [5.74, 6) is 1.48. The highest BCUT2D eigenvalue weighted by Gasteiger charge is 2.65. The third-order valence-corrected chi connectivity index (χ3v) is 7.89. The first kappa shape index (κ1) is 27.2. The minimum atomic E-state index is -4.67. The molecular formula is C31H24F3N5O3. The maximum Gasteiger partial charge on any atom is 0.442 e. The Morgan fingerprint density at radius 2 is 1.67 bits per heavy atom. The van der Waals surface area contributed by atoms with E-state index in [0.717, 1.165) is 12.0 Å². The molecule has 6 rings (SSSR count). The Morgan fingerprint density at radius 3 is 2.31 bits per heavy atom. The molecule has 3 aromatic rings. The number of carbonyl (C=O) groups is 3. The molecule has 3 heterocycles. The van der Waals surface area contributed by atoms with E-state index >= 15 is 0 Å². The minimum absolute atomic E-state index is 0.0207. The molecule has 8 nitrogen and oxygen atoms in total. The lowest BCUT2D eigenvalue weighted by Gasteiger charge is -2.44. The van der Waals surface area contributed by atoms with Gasteiger partial charge in [-0.2, -0.15) is 13.2 Å². The number of alkyl halides is 3. The largest absolute Gasteiger partial charge is 0.442 e. The number of terminal acetylenes is 1. The van der Waals surface area contributed by atoms with Gasteiger partial charge in [0.25, 0.3) is 11.8 Å². The lowest BCUT2D eigenvalue weighted by molar-refractivity contribution is -0.166. The number of hydrogen-bond donors (Lipinski definition) is 0. The van der Waals surface area contributed by atoms with Crippen LogP contribution in [0.4, 0.5) is 18.9 Å².